The number of anilines is 1. The third-order valence-electron chi connectivity index (χ3n) is 2.77. The number of halogens is 2. The van der Waals surface area contributed by atoms with Gasteiger partial charge in [-0.1, -0.05) is 0 Å². The number of ether oxygens (including phenoxy) is 1. The first-order valence-electron chi connectivity index (χ1n) is 6.20. The summed E-state index contributed by atoms with van der Waals surface area (Å²) < 4.78 is 30.9. The smallest absolute Gasteiger partial charge is 0.358 e. The second kappa shape index (κ2) is 6.74. The average Bonchev–Trinajstić information content (AvgIpc) is 2.50. The molecule has 0 spiro atoms. The lowest BCUT2D eigenvalue weighted by Crippen LogP contribution is -2.10. The van der Waals surface area contributed by atoms with Gasteiger partial charge in [0.15, 0.2) is 5.69 Å². The number of carbonyl (C=O) groups excluding carboxylic acids is 1. The number of nitrogens with one attached hydrogen (secondary N) is 1. The van der Waals surface area contributed by atoms with E-state index in [0.29, 0.717) is 18.8 Å². The number of nitrogens with zero attached hydrogens (tertiary/aromatic N) is 2. The summed E-state index contributed by atoms with van der Waals surface area (Å²) in [5.41, 5.74) is 0.376. The molecule has 0 amide bonds. The van der Waals surface area contributed by atoms with E-state index in [-0.39, 0.29) is 11.3 Å². The third kappa shape index (κ3) is 3.95. The highest BCUT2D eigenvalue weighted by Crippen LogP contribution is 2.11. The minimum absolute atomic E-state index is 0.0965. The number of hydrogen-bond acceptors (Lipinski definition) is 5. The van der Waals surface area contributed by atoms with Gasteiger partial charge in [0.2, 0.25) is 0 Å². The van der Waals surface area contributed by atoms with E-state index in [1.54, 1.807) is 6.07 Å². The van der Waals surface area contributed by atoms with Gasteiger partial charge in [-0.25, -0.2) is 13.6 Å². The molecule has 2 aromatic rings. The minimum atomic E-state index is -0.573. The van der Waals surface area contributed by atoms with Crippen LogP contribution in [0, 0.1) is 11.6 Å². The molecule has 1 aromatic carbocycles. The molecule has 0 saturated carbocycles. The summed E-state index contributed by atoms with van der Waals surface area (Å²) in [6.45, 7) is 0.354. The maximum absolute atomic E-state index is 13.4. The van der Waals surface area contributed by atoms with Crippen molar-refractivity contribution < 1.29 is 18.3 Å². The lowest BCUT2D eigenvalue weighted by molar-refractivity contribution is 0.0593. The van der Waals surface area contributed by atoms with E-state index in [1.807, 2.05) is 0 Å². The van der Waals surface area contributed by atoms with Crippen LogP contribution in [-0.2, 0) is 11.2 Å². The van der Waals surface area contributed by atoms with E-state index >= 15 is 0 Å². The Bertz CT molecular complexity index is 633. The summed E-state index contributed by atoms with van der Waals surface area (Å²) >= 11 is 0. The molecular weight excluding hydrogens is 280 g/mol. The molecule has 0 atom stereocenters. The Morgan fingerprint density at radius 2 is 2.05 bits per heavy atom. The maximum Gasteiger partial charge on any atom is 0.358 e. The van der Waals surface area contributed by atoms with Crippen LogP contribution in [0.25, 0.3) is 0 Å². The highest BCUT2D eigenvalue weighted by molar-refractivity contribution is 5.86. The quantitative estimate of drug-likeness (QED) is 0.856. The van der Waals surface area contributed by atoms with Crippen LogP contribution in [0.3, 0.4) is 0 Å². The van der Waals surface area contributed by atoms with Gasteiger partial charge in [0.05, 0.1) is 7.11 Å². The highest BCUT2D eigenvalue weighted by atomic mass is 19.1. The third-order valence-corrected chi connectivity index (χ3v) is 2.77. The van der Waals surface area contributed by atoms with Gasteiger partial charge >= 0.3 is 5.97 Å². The van der Waals surface area contributed by atoms with Crippen molar-refractivity contribution >= 4 is 11.8 Å². The summed E-state index contributed by atoms with van der Waals surface area (Å²) in [6.07, 6.45) is 0.296. The van der Waals surface area contributed by atoms with E-state index in [2.05, 4.69) is 20.3 Å². The Kier molecular flexibility index (Phi) is 4.76. The Hall–Kier alpha value is -2.57. The number of carbonyl (C=O) groups is 1. The summed E-state index contributed by atoms with van der Waals surface area (Å²) in [5, 5.41) is 10.4. The second-order valence-corrected chi connectivity index (χ2v) is 4.21. The molecule has 1 N–H and O–H groups in total. The van der Waals surface area contributed by atoms with E-state index < -0.39 is 17.6 Å². The molecule has 0 bridgehead atoms. The van der Waals surface area contributed by atoms with Crippen molar-refractivity contribution in [2.24, 2.45) is 0 Å². The molecule has 0 radical (unpaired) electrons. The standard InChI is InChI=1S/C14H13F2N3O2/c1-21-14(20)12-4-5-13(19-18-12)17-7-6-9-8-10(15)2-3-11(9)16/h2-5,8H,6-7H2,1H3,(H,17,19). The molecule has 110 valence electrons. The topological polar surface area (TPSA) is 64.1 Å². The number of aromatic nitrogens is 2. The van der Waals surface area contributed by atoms with Gasteiger partial charge in [0.25, 0.3) is 0 Å². The first-order chi connectivity index (χ1) is 10.1. The zero-order chi connectivity index (χ0) is 15.2. The highest BCUT2D eigenvalue weighted by Gasteiger charge is 2.08. The van der Waals surface area contributed by atoms with Crippen LogP contribution < -0.4 is 5.32 Å². The average molecular weight is 293 g/mol. The van der Waals surface area contributed by atoms with Gasteiger partial charge in [-0.2, -0.15) is 0 Å². The monoisotopic (exact) mass is 293 g/mol. The molecule has 0 saturated heterocycles. The van der Waals surface area contributed by atoms with E-state index in [4.69, 9.17) is 0 Å². The summed E-state index contributed by atoms with van der Waals surface area (Å²) in [7, 11) is 1.25. The lowest BCUT2D eigenvalue weighted by Gasteiger charge is -2.06. The predicted octanol–water partition coefficient (Wildman–Crippen LogP) is 2.20. The largest absolute Gasteiger partial charge is 0.464 e. The van der Waals surface area contributed by atoms with Crippen LogP contribution in [-0.4, -0.2) is 29.8 Å². The van der Waals surface area contributed by atoms with Crippen LogP contribution >= 0.6 is 0 Å². The number of hydrogen-bond donors (Lipinski definition) is 1. The molecule has 2 rings (SSSR count). The van der Waals surface area contributed by atoms with Gasteiger partial charge < -0.3 is 10.1 Å². The van der Waals surface area contributed by atoms with Crippen LogP contribution in [0.1, 0.15) is 16.1 Å². The molecule has 21 heavy (non-hydrogen) atoms. The molecule has 0 fully saturated rings. The number of rotatable bonds is 5. The second-order valence-electron chi connectivity index (χ2n) is 4.21. The predicted molar refractivity (Wildman–Crippen MR) is 71.9 cm³/mol. The molecule has 0 aliphatic rings. The molecule has 0 aliphatic carbocycles. The fourth-order valence-corrected chi connectivity index (χ4v) is 1.70. The SMILES string of the molecule is COC(=O)c1ccc(NCCc2cc(F)ccc2F)nn1. The normalized spacial score (nSPS) is 10.2. The maximum atomic E-state index is 13.4. The van der Waals surface area contributed by atoms with E-state index in [0.717, 1.165) is 18.2 Å². The Morgan fingerprint density at radius 1 is 1.24 bits per heavy atom. The summed E-state index contributed by atoms with van der Waals surface area (Å²) in [5.74, 6) is -1.07. The van der Waals surface area contributed by atoms with Gasteiger partial charge in [0.1, 0.15) is 17.5 Å². The van der Waals surface area contributed by atoms with Gasteiger partial charge in [-0.15, -0.1) is 10.2 Å². The van der Waals surface area contributed by atoms with Crippen LogP contribution in [0.5, 0.6) is 0 Å². The van der Waals surface area contributed by atoms with Crippen LogP contribution in [0.4, 0.5) is 14.6 Å². The fraction of sp³-hybridized carbons (Fsp3) is 0.214. The van der Waals surface area contributed by atoms with Crippen LogP contribution in [0.15, 0.2) is 30.3 Å². The molecule has 1 heterocycles. The number of esters is 1. The van der Waals surface area contributed by atoms with Crippen molar-refractivity contribution in [2.45, 2.75) is 6.42 Å². The lowest BCUT2D eigenvalue weighted by atomic mass is 10.1. The molecule has 5 nitrogen and oxygen atoms in total. The zero-order valence-electron chi connectivity index (χ0n) is 11.3. The molecule has 0 unspecified atom stereocenters. The Morgan fingerprint density at radius 3 is 2.71 bits per heavy atom. The van der Waals surface area contributed by atoms with Crippen LogP contribution in [0.2, 0.25) is 0 Å². The van der Waals surface area contributed by atoms with Gasteiger partial charge in [-0.3, -0.25) is 0 Å². The van der Waals surface area contributed by atoms with Gasteiger partial charge in [0, 0.05) is 6.54 Å². The first-order valence-corrected chi connectivity index (χ1v) is 6.20. The molecular formula is C14H13F2N3O2. The van der Waals surface area contributed by atoms with Crippen molar-refractivity contribution in [1.82, 2.24) is 10.2 Å². The number of benzene rings is 1. The zero-order valence-corrected chi connectivity index (χ0v) is 11.3. The Labute approximate surface area is 120 Å². The van der Waals surface area contributed by atoms with E-state index in [1.165, 1.54) is 13.2 Å². The summed E-state index contributed by atoms with van der Waals surface area (Å²) in [4.78, 5) is 11.2. The van der Waals surface area contributed by atoms with Crippen molar-refractivity contribution in [3.8, 4) is 0 Å². The molecule has 0 aliphatic heterocycles. The first kappa shape index (κ1) is 14.8. The summed E-state index contributed by atoms with van der Waals surface area (Å²) in [6, 6.07) is 6.34. The fourth-order valence-electron chi connectivity index (χ4n) is 1.70. The Balaban J connectivity index is 1.91. The van der Waals surface area contributed by atoms with Crippen molar-refractivity contribution in [3.05, 3.63) is 53.2 Å². The molecule has 1 aromatic heterocycles. The van der Waals surface area contributed by atoms with Crippen molar-refractivity contribution in [1.29, 1.82) is 0 Å². The van der Waals surface area contributed by atoms with Crippen molar-refractivity contribution in [2.75, 3.05) is 19.0 Å². The number of methoxy groups -OCH3 is 1. The van der Waals surface area contributed by atoms with Gasteiger partial charge in [-0.05, 0) is 42.3 Å². The van der Waals surface area contributed by atoms with Crippen molar-refractivity contribution in [3.63, 3.8) is 0 Å². The van der Waals surface area contributed by atoms with E-state index in [9.17, 15) is 13.6 Å². The minimum Gasteiger partial charge on any atom is -0.464 e. The molecule has 7 heteroatoms.